The van der Waals surface area contributed by atoms with Crippen LogP contribution in [0, 0.1) is 0 Å². The Kier molecular flexibility index (Phi) is 21.5. The number of benzene rings is 18. The lowest BCUT2D eigenvalue weighted by Crippen LogP contribution is -2.06. The third-order valence-electron chi connectivity index (χ3n) is 28.6. The molecule has 0 N–H and O–H groups in total. The Hall–Kier alpha value is -20.6. The minimum Gasteiger partial charge on any atom is -0.309 e. The Labute approximate surface area is 860 Å². The summed E-state index contributed by atoms with van der Waals surface area (Å²) in [5.41, 5.74) is 34.6. The first kappa shape index (κ1) is 87.2. The van der Waals surface area contributed by atoms with E-state index in [4.69, 9.17) is 49.8 Å². The molecule has 0 aliphatic heterocycles. The largest absolute Gasteiger partial charge is 0.309 e. The highest BCUT2D eigenvalue weighted by Gasteiger charge is 2.28. The lowest BCUT2D eigenvalue weighted by molar-refractivity contribution is 0.953. The van der Waals surface area contributed by atoms with Gasteiger partial charge in [0.1, 0.15) is 5.82 Å². The van der Waals surface area contributed by atoms with Gasteiger partial charge in [0, 0.05) is 124 Å². The molecule has 0 bridgehead atoms. The summed E-state index contributed by atoms with van der Waals surface area (Å²) in [6, 6.07) is 175. The highest BCUT2D eigenvalue weighted by molar-refractivity contribution is 6.21. The van der Waals surface area contributed by atoms with Crippen molar-refractivity contribution >= 4 is 131 Å². The van der Waals surface area contributed by atoms with Crippen LogP contribution >= 0.6 is 0 Å². The van der Waals surface area contributed by atoms with Gasteiger partial charge in [-0.2, -0.15) is 9.97 Å². The highest BCUT2D eigenvalue weighted by atomic mass is 15.2. The molecule has 0 fully saturated rings. The van der Waals surface area contributed by atoms with Crippen LogP contribution in [0.3, 0.4) is 0 Å². The Morgan fingerprint density at radius 3 is 0.760 bits per heavy atom. The van der Waals surface area contributed by atoms with E-state index in [9.17, 15) is 0 Å². The van der Waals surface area contributed by atoms with E-state index in [0.29, 0.717) is 29.4 Å². The van der Waals surface area contributed by atoms with Gasteiger partial charge in [0.2, 0.25) is 11.9 Å². The molecule has 16 nitrogen and oxygen atoms in total. The molecule has 0 aliphatic rings. The van der Waals surface area contributed by atoms with Crippen molar-refractivity contribution in [2.45, 2.75) is 0 Å². The van der Waals surface area contributed by atoms with Crippen molar-refractivity contribution in [3.63, 3.8) is 0 Å². The molecule has 0 saturated carbocycles. The van der Waals surface area contributed by atoms with Gasteiger partial charge in [-0.05, 0) is 185 Å². The first-order valence-corrected chi connectivity index (χ1v) is 50.2. The normalized spacial score (nSPS) is 11.6. The molecule has 702 valence electrons. The molecule has 18 aromatic carbocycles. The van der Waals surface area contributed by atoms with Crippen molar-refractivity contribution in [3.05, 3.63) is 522 Å². The second-order valence-electron chi connectivity index (χ2n) is 37.3. The van der Waals surface area contributed by atoms with E-state index in [1.54, 1.807) is 0 Å². The summed E-state index contributed by atoms with van der Waals surface area (Å²) in [4.78, 5) is 50.4. The average Bonchev–Trinajstić information content (AvgIpc) is 1.58. The predicted molar refractivity (Wildman–Crippen MR) is 612 cm³/mol. The Bertz CT molecular complexity index is 9330. The lowest BCUT2D eigenvalue weighted by Gasteiger charge is -2.12. The van der Waals surface area contributed by atoms with Crippen LogP contribution < -0.4 is 0 Å². The molecule has 0 atom stereocenters. The molecule has 12 heterocycles. The van der Waals surface area contributed by atoms with Gasteiger partial charge in [-0.25, -0.2) is 24.9 Å². The molecular formula is C134H86N16. The number of fused-ring (bicyclic) bond motifs is 18. The predicted octanol–water partition coefficient (Wildman–Crippen LogP) is 32.6. The van der Waals surface area contributed by atoms with Gasteiger partial charge >= 0.3 is 0 Å². The minimum absolute atomic E-state index is 0.548. The van der Waals surface area contributed by atoms with Crippen LogP contribution in [-0.4, -0.2) is 77.2 Å². The first-order chi connectivity index (χ1) is 74.4. The standard InChI is InChI=1S/2C45H29N5.C44H28N6/c1-4-14-30(15-5-1)37-29-38(31-16-6-2-7-17-31)48-45(47-37)50-40-26-25-32(28-36(40)44-42(50)24-13-27-46-44)34-21-12-23-41-43(34)35-20-10-11-22-39(35)49(41)33-18-8-3-9-19-33;1-4-14-30(15-5-1)37-29-42(48-45(47-37)31-16-6-2-7-17-31)50-39-26-25-32(28-36(39)44-41(50)24-13-27-46-44)34-21-12-23-40-43(34)35-20-10-11-22-38(35)49(40)33-18-8-3-9-19-33;1-4-14-29(15-5-1)42-46-43(30-16-6-2-7-17-30)48-44(47-42)50-37-26-25-31(28-35(37)41-39(50)24-13-27-45-41)33-21-12-23-38-40(33)34-20-10-11-22-36(34)49(38)32-18-8-3-9-19-32/h2*1-29H;1-28H. The number of hydrogen-bond acceptors (Lipinski definition) is 10. The van der Waals surface area contributed by atoms with Crippen molar-refractivity contribution in [1.29, 1.82) is 0 Å². The third kappa shape index (κ3) is 15.2. The number of nitrogens with zero attached hydrogens (tertiary/aromatic N) is 16. The summed E-state index contributed by atoms with van der Waals surface area (Å²) >= 11 is 0. The van der Waals surface area contributed by atoms with Crippen LogP contribution in [0.5, 0.6) is 0 Å². The topological polar surface area (TPSA) is 158 Å². The highest BCUT2D eigenvalue weighted by Crippen LogP contribution is 2.47. The molecular weight excluding hydrogens is 1830 g/mol. The fourth-order valence-electron chi connectivity index (χ4n) is 22.0. The van der Waals surface area contributed by atoms with Gasteiger partial charge < -0.3 is 13.7 Å². The van der Waals surface area contributed by atoms with Gasteiger partial charge in [-0.1, -0.05) is 346 Å². The quantitative estimate of drug-likeness (QED) is 0.0967. The summed E-state index contributed by atoms with van der Waals surface area (Å²) < 4.78 is 13.6. The molecule has 0 unspecified atom stereocenters. The SMILES string of the molecule is c1ccc(-c2cc(-c3ccccc3)nc(-n3c4ccc(-c5cccc6c5c5ccccc5n6-c5ccccc5)cc4c4ncccc43)n2)cc1.c1ccc(-c2cc(-n3c4ccc(-c5cccc6c5c5ccccc5n6-c5ccccc5)cc4c4ncccc43)nc(-c3ccccc3)n2)cc1.c1ccc(-c2nc(-c3ccccc3)nc(-n3c4ccc(-c5cccc6c5c5ccccc5n6-c5ccccc5)cc4c4ncccc43)n2)cc1. The van der Waals surface area contributed by atoms with Crippen molar-refractivity contribution < 1.29 is 0 Å². The molecule has 0 spiro atoms. The monoisotopic (exact) mass is 1920 g/mol. The first-order valence-electron chi connectivity index (χ1n) is 50.2. The van der Waals surface area contributed by atoms with Crippen LogP contribution in [-0.2, 0) is 0 Å². The zero-order chi connectivity index (χ0) is 99.1. The fraction of sp³-hybridized carbons (Fsp3) is 0. The number of rotatable bonds is 15. The molecule has 30 rings (SSSR count). The number of hydrogen-bond donors (Lipinski definition) is 0. The number of aromatic nitrogens is 16. The summed E-state index contributed by atoms with van der Waals surface area (Å²) in [5, 5.41) is 10.5. The van der Waals surface area contributed by atoms with Crippen molar-refractivity contribution in [2.24, 2.45) is 0 Å². The zero-order valence-electron chi connectivity index (χ0n) is 80.8. The summed E-state index contributed by atoms with van der Waals surface area (Å²) in [5.74, 6) is 3.87. The van der Waals surface area contributed by atoms with Gasteiger partial charge in [-0.3, -0.25) is 28.7 Å². The Morgan fingerprint density at radius 2 is 0.413 bits per heavy atom. The Balaban J connectivity index is 0.000000108. The smallest absolute Gasteiger partial charge is 0.238 e. The summed E-state index contributed by atoms with van der Waals surface area (Å²) in [7, 11) is 0. The van der Waals surface area contributed by atoms with E-state index < -0.39 is 0 Å². The van der Waals surface area contributed by atoms with Gasteiger partial charge in [0.15, 0.2) is 17.5 Å². The van der Waals surface area contributed by atoms with E-state index in [-0.39, 0.29) is 0 Å². The number of para-hydroxylation sites is 6. The van der Waals surface area contributed by atoms with E-state index in [1.165, 1.54) is 82.1 Å². The molecule has 150 heavy (non-hydrogen) atoms. The molecule has 16 heteroatoms. The van der Waals surface area contributed by atoms with Gasteiger partial charge in [-0.15, -0.1) is 0 Å². The van der Waals surface area contributed by atoms with Crippen LogP contribution in [0.4, 0.5) is 0 Å². The molecule has 0 aliphatic carbocycles. The maximum atomic E-state index is 5.18. The van der Waals surface area contributed by atoms with Crippen molar-refractivity contribution in [1.82, 2.24) is 77.2 Å². The number of pyridine rings is 3. The molecule has 0 saturated heterocycles. The summed E-state index contributed by atoms with van der Waals surface area (Å²) in [6.45, 7) is 0. The van der Waals surface area contributed by atoms with Crippen LogP contribution in [0.2, 0.25) is 0 Å². The van der Waals surface area contributed by atoms with Gasteiger partial charge in [0.05, 0.1) is 99.8 Å². The zero-order valence-corrected chi connectivity index (χ0v) is 80.8. The van der Waals surface area contributed by atoms with Gasteiger partial charge in [0.25, 0.3) is 0 Å². The second kappa shape index (κ2) is 37.0. The maximum absolute atomic E-state index is 5.18. The molecule has 12 aromatic heterocycles. The van der Waals surface area contributed by atoms with E-state index in [1.807, 2.05) is 170 Å². The summed E-state index contributed by atoms with van der Waals surface area (Å²) in [6.07, 6.45) is 5.59. The van der Waals surface area contributed by atoms with Crippen LogP contribution in [0.25, 0.3) is 267 Å². The minimum atomic E-state index is 0.548. The van der Waals surface area contributed by atoms with E-state index in [2.05, 4.69) is 379 Å². The maximum Gasteiger partial charge on any atom is 0.238 e. The molecule has 30 aromatic rings. The van der Waals surface area contributed by atoms with E-state index in [0.717, 1.165) is 156 Å². The van der Waals surface area contributed by atoms with E-state index >= 15 is 0 Å². The van der Waals surface area contributed by atoms with Crippen LogP contribution in [0.15, 0.2) is 522 Å². The van der Waals surface area contributed by atoms with Crippen molar-refractivity contribution in [2.75, 3.05) is 0 Å². The fourth-order valence-corrected chi connectivity index (χ4v) is 22.0. The second-order valence-corrected chi connectivity index (χ2v) is 37.3. The van der Waals surface area contributed by atoms with Crippen LogP contribution in [0.1, 0.15) is 0 Å². The lowest BCUT2D eigenvalue weighted by atomic mass is 9.98. The van der Waals surface area contributed by atoms with Crippen molar-refractivity contribution in [3.8, 4) is 136 Å². The third-order valence-corrected chi connectivity index (χ3v) is 28.6. The molecule has 0 radical (unpaired) electrons. The molecule has 0 amide bonds. The average molecular weight is 1920 g/mol. The Morgan fingerprint density at radius 1 is 0.147 bits per heavy atom.